The Balaban J connectivity index is 4.32. The van der Waals surface area contributed by atoms with Gasteiger partial charge in [0.1, 0.15) is 0 Å². The Kier molecular flexibility index (Phi) is 6.29. The summed E-state index contributed by atoms with van der Waals surface area (Å²) in [5, 5.41) is 3.95. The summed E-state index contributed by atoms with van der Waals surface area (Å²) in [6.45, 7) is 0. The zero-order valence-corrected chi connectivity index (χ0v) is 13.1. The third-order valence-corrected chi connectivity index (χ3v) is 10.9. The molecule has 0 aromatic rings. The van der Waals surface area contributed by atoms with E-state index in [0.717, 1.165) is 0 Å². The molecule has 4 heteroatoms. The Morgan fingerprint density at radius 1 is 0.643 bits per heavy atom. The molecule has 3 nitrogen and oxygen atoms in total. The third-order valence-electron chi connectivity index (χ3n) is 2.09. The molecule has 0 aliphatic carbocycles. The number of hydrogen-bond donors (Lipinski definition) is 0. The molecule has 0 heterocycles. The van der Waals surface area contributed by atoms with Crippen LogP contribution in [0.5, 0.6) is 0 Å². The molecule has 0 bridgehead atoms. The van der Waals surface area contributed by atoms with Gasteiger partial charge in [0.2, 0.25) is 0 Å². The van der Waals surface area contributed by atoms with Crippen LogP contribution >= 0.6 is 0 Å². The molecular formula is C10H27GeN3. The van der Waals surface area contributed by atoms with Crippen molar-refractivity contribution in [1.82, 2.24) is 14.7 Å². The van der Waals surface area contributed by atoms with E-state index >= 15 is 0 Å². The topological polar surface area (TPSA) is 9.72 Å². The second-order valence-corrected chi connectivity index (χ2v) is 15.1. The molecule has 0 rings (SSSR count). The van der Waals surface area contributed by atoms with Crippen LogP contribution in [0.3, 0.4) is 0 Å². The van der Waals surface area contributed by atoms with Crippen LogP contribution in [-0.2, 0) is 0 Å². The summed E-state index contributed by atoms with van der Waals surface area (Å²) in [6, 6.07) is 0. The van der Waals surface area contributed by atoms with E-state index in [1.54, 1.807) is 0 Å². The van der Waals surface area contributed by atoms with Crippen LogP contribution < -0.4 is 0 Å². The molecule has 14 heavy (non-hydrogen) atoms. The molecule has 0 spiro atoms. The van der Waals surface area contributed by atoms with Gasteiger partial charge in [-0.1, -0.05) is 0 Å². The molecule has 0 aliphatic heterocycles. The van der Waals surface area contributed by atoms with Crippen LogP contribution in [0.1, 0.15) is 0 Å². The molecule has 0 amide bonds. The Morgan fingerprint density at radius 2 is 0.857 bits per heavy atom. The van der Waals surface area contributed by atoms with Crippen LogP contribution in [0.15, 0.2) is 0 Å². The second-order valence-electron chi connectivity index (χ2n) is 5.52. The van der Waals surface area contributed by atoms with Gasteiger partial charge in [-0.3, -0.25) is 0 Å². The van der Waals surface area contributed by atoms with Gasteiger partial charge in [0, 0.05) is 0 Å². The predicted molar refractivity (Wildman–Crippen MR) is 67.3 cm³/mol. The molecule has 0 atom stereocenters. The zero-order chi connectivity index (χ0) is 11.4. The third kappa shape index (κ3) is 6.81. The van der Waals surface area contributed by atoms with Gasteiger partial charge in [0.05, 0.1) is 0 Å². The van der Waals surface area contributed by atoms with E-state index in [0.29, 0.717) is 0 Å². The summed E-state index contributed by atoms with van der Waals surface area (Å²) in [4.78, 5) is 7.06. The van der Waals surface area contributed by atoms with Crippen molar-refractivity contribution < 1.29 is 0 Å². The summed E-state index contributed by atoms with van der Waals surface area (Å²) in [6.07, 6.45) is 0. The molecule has 0 N–H and O–H groups in total. The first-order valence-electron chi connectivity index (χ1n) is 5.19. The van der Waals surface area contributed by atoms with Crippen molar-refractivity contribution in [3.63, 3.8) is 0 Å². The van der Waals surface area contributed by atoms with E-state index in [1.807, 2.05) is 0 Å². The normalized spacial score (nSPS) is 13.3. The monoisotopic (exact) mass is 263 g/mol. The van der Waals surface area contributed by atoms with Crippen LogP contribution in [0.25, 0.3) is 0 Å². The van der Waals surface area contributed by atoms with Gasteiger partial charge < -0.3 is 0 Å². The van der Waals surface area contributed by atoms with Gasteiger partial charge in [0.25, 0.3) is 0 Å². The molecule has 0 aromatic carbocycles. The van der Waals surface area contributed by atoms with E-state index in [1.165, 1.54) is 16.1 Å². The van der Waals surface area contributed by atoms with Gasteiger partial charge in [-0.2, -0.15) is 0 Å². The summed E-state index contributed by atoms with van der Waals surface area (Å²) in [5.41, 5.74) is 0. The van der Waals surface area contributed by atoms with Crippen molar-refractivity contribution in [3.05, 3.63) is 0 Å². The van der Waals surface area contributed by atoms with Crippen molar-refractivity contribution in [2.45, 2.75) is 5.76 Å². The average Bonchev–Trinajstić information content (AvgIpc) is 1.76. The van der Waals surface area contributed by atoms with Gasteiger partial charge in [-0.25, -0.2) is 0 Å². The van der Waals surface area contributed by atoms with E-state index < -0.39 is 13.3 Å². The summed E-state index contributed by atoms with van der Waals surface area (Å²) in [7, 11) is 13.1. The SMILES string of the molecule is CN(C)[CH2][Ge]([CH3])([CH2]N(C)C)[CH2]N(C)C. The molecular weight excluding hydrogens is 235 g/mol. The summed E-state index contributed by atoms with van der Waals surface area (Å²) >= 11 is -1.69. The molecule has 0 radical (unpaired) electrons. The second kappa shape index (κ2) is 6.10. The van der Waals surface area contributed by atoms with Gasteiger partial charge in [-0.05, 0) is 0 Å². The van der Waals surface area contributed by atoms with Crippen LogP contribution in [0.4, 0.5) is 0 Å². The maximum absolute atomic E-state index is 2.54. The van der Waals surface area contributed by atoms with Gasteiger partial charge >= 0.3 is 92.1 Å². The predicted octanol–water partition coefficient (Wildman–Crippen LogP) is 0.367. The zero-order valence-electron chi connectivity index (χ0n) is 11.0. The Hall–Kier alpha value is 0.423. The Labute approximate surface area is 92.4 Å². The van der Waals surface area contributed by atoms with Crippen molar-refractivity contribution in [2.24, 2.45) is 0 Å². The molecule has 0 unspecified atom stereocenters. The van der Waals surface area contributed by atoms with E-state index in [9.17, 15) is 0 Å². The quantitative estimate of drug-likeness (QED) is 0.640. The van der Waals surface area contributed by atoms with Crippen LogP contribution in [-0.4, -0.2) is 86.4 Å². The van der Waals surface area contributed by atoms with Crippen molar-refractivity contribution in [3.8, 4) is 0 Å². The average molecular weight is 262 g/mol. The summed E-state index contributed by atoms with van der Waals surface area (Å²) < 4.78 is 0. The number of hydrogen-bond acceptors (Lipinski definition) is 3. The molecule has 0 aliphatic rings. The minimum absolute atomic E-state index is 1.32. The van der Waals surface area contributed by atoms with Gasteiger partial charge in [-0.15, -0.1) is 0 Å². The minimum atomic E-state index is -1.69. The fourth-order valence-corrected chi connectivity index (χ4v) is 12.7. The number of rotatable bonds is 6. The molecule has 0 saturated carbocycles. The van der Waals surface area contributed by atoms with Crippen LogP contribution in [0, 0.1) is 0 Å². The number of nitrogens with zero attached hydrogens (tertiary/aromatic N) is 3. The standard InChI is InChI=1S/C10H27GeN3/c1-11(8-12(2)3,9-13(4)5)10-14(6)7/h8-10H2,1-7H3. The summed E-state index contributed by atoms with van der Waals surface area (Å²) in [5.74, 6) is 2.54. The fourth-order valence-electron chi connectivity index (χ4n) is 2.44. The maximum atomic E-state index is 2.54. The van der Waals surface area contributed by atoms with Crippen molar-refractivity contribution in [1.29, 1.82) is 0 Å². The van der Waals surface area contributed by atoms with E-state index in [2.05, 4.69) is 62.7 Å². The first-order chi connectivity index (χ1) is 6.25. The van der Waals surface area contributed by atoms with E-state index in [4.69, 9.17) is 0 Å². The molecule has 0 saturated heterocycles. The fraction of sp³-hybridized carbons (Fsp3) is 1.00. The Morgan fingerprint density at radius 3 is 1.00 bits per heavy atom. The van der Waals surface area contributed by atoms with Crippen molar-refractivity contribution in [2.75, 3.05) is 58.4 Å². The first kappa shape index (κ1) is 14.4. The molecule has 86 valence electrons. The Bertz CT molecular complexity index is 131. The van der Waals surface area contributed by atoms with E-state index in [-0.39, 0.29) is 0 Å². The van der Waals surface area contributed by atoms with Gasteiger partial charge in [0.15, 0.2) is 0 Å². The van der Waals surface area contributed by atoms with Crippen molar-refractivity contribution >= 4 is 13.3 Å². The van der Waals surface area contributed by atoms with Crippen LogP contribution in [0.2, 0.25) is 5.76 Å². The molecule has 0 aromatic heterocycles. The molecule has 0 fully saturated rings. The first-order valence-corrected chi connectivity index (χ1v) is 11.7.